The molecule has 2 aromatic rings. The van der Waals surface area contributed by atoms with E-state index in [-0.39, 0.29) is 11.8 Å². The predicted octanol–water partition coefficient (Wildman–Crippen LogP) is 3.04. The van der Waals surface area contributed by atoms with E-state index in [0.717, 1.165) is 5.56 Å². The Morgan fingerprint density at radius 3 is 2.44 bits per heavy atom. The standard InChI is InChI=1S/C20H22ClN3O3/c1-14-5-3-6-22-18(14)20(26)24-8-4-7-23(9-10-24)19(25)15-11-16(21)13-17(12-15)27-2/h3,5-6,11-13H,4,7-10H2,1-2H3. The lowest BCUT2D eigenvalue weighted by Gasteiger charge is -2.22. The van der Waals surface area contributed by atoms with Gasteiger partial charge in [-0.2, -0.15) is 0 Å². The highest BCUT2D eigenvalue weighted by Crippen LogP contribution is 2.22. The second-order valence-electron chi connectivity index (χ2n) is 6.49. The van der Waals surface area contributed by atoms with Crippen molar-refractivity contribution in [3.8, 4) is 5.75 Å². The first-order valence-corrected chi connectivity index (χ1v) is 9.22. The molecule has 1 aliphatic rings. The molecule has 6 nitrogen and oxygen atoms in total. The Bertz CT molecular complexity index is 856. The van der Waals surface area contributed by atoms with Gasteiger partial charge in [-0.1, -0.05) is 17.7 Å². The number of ether oxygens (including phenoxy) is 1. The Balaban J connectivity index is 1.71. The lowest BCUT2D eigenvalue weighted by Crippen LogP contribution is -2.37. The van der Waals surface area contributed by atoms with Gasteiger partial charge in [-0.25, -0.2) is 0 Å². The van der Waals surface area contributed by atoms with E-state index >= 15 is 0 Å². The van der Waals surface area contributed by atoms with E-state index in [1.165, 1.54) is 7.11 Å². The van der Waals surface area contributed by atoms with Crippen LogP contribution in [-0.4, -0.2) is 59.9 Å². The maximum Gasteiger partial charge on any atom is 0.272 e. The Kier molecular flexibility index (Phi) is 5.96. The average Bonchev–Trinajstić information content (AvgIpc) is 2.93. The molecule has 27 heavy (non-hydrogen) atoms. The highest BCUT2D eigenvalue weighted by atomic mass is 35.5. The Labute approximate surface area is 163 Å². The zero-order chi connectivity index (χ0) is 19.4. The van der Waals surface area contributed by atoms with Crippen molar-refractivity contribution >= 4 is 23.4 Å². The number of halogens is 1. The van der Waals surface area contributed by atoms with Crippen LogP contribution in [0.25, 0.3) is 0 Å². The molecule has 7 heteroatoms. The first kappa shape index (κ1) is 19.2. The minimum absolute atomic E-state index is 0.0909. The largest absolute Gasteiger partial charge is 0.497 e. The Hall–Kier alpha value is -2.60. The molecule has 1 aliphatic heterocycles. The van der Waals surface area contributed by atoms with E-state index in [0.29, 0.717) is 54.6 Å². The smallest absolute Gasteiger partial charge is 0.272 e. The van der Waals surface area contributed by atoms with Crippen molar-refractivity contribution in [1.29, 1.82) is 0 Å². The van der Waals surface area contributed by atoms with Gasteiger partial charge in [0.25, 0.3) is 11.8 Å². The van der Waals surface area contributed by atoms with Crippen LogP contribution < -0.4 is 4.74 Å². The highest BCUT2D eigenvalue weighted by molar-refractivity contribution is 6.31. The molecule has 0 atom stereocenters. The summed E-state index contributed by atoms with van der Waals surface area (Å²) in [5.41, 5.74) is 1.81. The summed E-state index contributed by atoms with van der Waals surface area (Å²) in [5.74, 6) is 0.342. The second kappa shape index (κ2) is 8.39. The highest BCUT2D eigenvalue weighted by Gasteiger charge is 2.25. The minimum atomic E-state index is -0.112. The van der Waals surface area contributed by atoms with Gasteiger partial charge in [0.2, 0.25) is 0 Å². The van der Waals surface area contributed by atoms with E-state index < -0.39 is 0 Å². The Morgan fingerprint density at radius 2 is 1.78 bits per heavy atom. The molecule has 1 aromatic carbocycles. The monoisotopic (exact) mass is 387 g/mol. The molecule has 0 N–H and O–H groups in total. The third kappa shape index (κ3) is 4.39. The lowest BCUT2D eigenvalue weighted by atomic mass is 10.2. The molecular formula is C20H22ClN3O3. The molecule has 1 aromatic heterocycles. The number of hydrogen-bond donors (Lipinski definition) is 0. The normalized spacial score (nSPS) is 14.6. The molecule has 1 fully saturated rings. The number of hydrogen-bond acceptors (Lipinski definition) is 4. The number of methoxy groups -OCH3 is 1. The van der Waals surface area contributed by atoms with E-state index in [4.69, 9.17) is 16.3 Å². The zero-order valence-corrected chi connectivity index (χ0v) is 16.2. The summed E-state index contributed by atoms with van der Waals surface area (Å²) in [6.07, 6.45) is 2.33. The molecule has 2 amide bonds. The molecule has 142 valence electrons. The van der Waals surface area contributed by atoms with Crippen LogP contribution in [-0.2, 0) is 0 Å². The van der Waals surface area contributed by atoms with Gasteiger partial charge in [-0.3, -0.25) is 14.6 Å². The van der Waals surface area contributed by atoms with Crippen LogP contribution in [0.2, 0.25) is 5.02 Å². The number of aryl methyl sites for hydroxylation is 1. The lowest BCUT2D eigenvalue weighted by molar-refractivity contribution is 0.0715. The van der Waals surface area contributed by atoms with Gasteiger partial charge >= 0.3 is 0 Å². The molecule has 0 radical (unpaired) electrons. The van der Waals surface area contributed by atoms with E-state index in [1.807, 2.05) is 19.1 Å². The Morgan fingerprint density at radius 1 is 1.07 bits per heavy atom. The number of pyridine rings is 1. The van der Waals surface area contributed by atoms with Crippen molar-refractivity contribution in [2.75, 3.05) is 33.3 Å². The van der Waals surface area contributed by atoms with Crippen LogP contribution in [0.1, 0.15) is 32.8 Å². The van der Waals surface area contributed by atoms with Crippen LogP contribution in [0, 0.1) is 6.92 Å². The third-order valence-electron chi connectivity index (χ3n) is 4.64. The molecule has 0 aliphatic carbocycles. The molecule has 0 unspecified atom stereocenters. The van der Waals surface area contributed by atoms with Gasteiger partial charge in [-0.05, 0) is 43.2 Å². The third-order valence-corrected chi connectivity index (χ3v) is 4.85. The van der Waals surface area contributed by atoms with E-state index in [2.05, 4.69) is 4.98 Å². The fourth-order valence-electron chi connectivity index (χ4n) is 3.17. The first-order chi connectivity index (χ1) is 13.0. The molecule has 0 spiro atoms. The summed E-state index contributed by atoms with van der Waals surface area (Å²) >= 11 is 6.08. The first-order valence-electron chi connectivity index (χ1n) is 8.84. The number of aromatic nitrogens is 1. The molecule has 2 heterocycles. The molecule has 3 rings (SSSR count). The van der Waals surface area contributed by atoms with Gasteiger partial charge in [0.05, 0.1) is 7.11 Å². The van der Waals surface area contributed by atoms with Crippen molar-refractivity contribution in [2.24, 2.45) is 0 Å². The second-order valence-corrected chi connectivity index (χ2v) is 6.92. The van der Waals surface area contributed by atoms with E-state index in [9.17, 15) is 9.59 Å². The number of carbonyl (C=O) groups is 2. The maximum atomic E-state index is 12.9. The summed E-state index contributed by atoms with van der Waals surface area (Å²) in [4.78, 5) is 33.4. The SMILES string of the molecule is COc1cc(Cl)cc(C(=O)N2CCCN(C(=O)c3ncccc3C)CC2)c1. The van der Waals surface area contributed by atoms with Crippen molar-refractivity contribution < 1.29 is 14.3 Å². The van der Waals surface area contributed by atoms with Crippen molar-refractivity contribution in [3.05, 3.63) is 58.4 Å². The predicted molar refractivity (Wildman–Crippen MR) is 103 cm³/mol. The quantitative estimate of drug-likeness (QED) is 0.812. The summed E-state index contributed by atoms with van der Waals surface area (Å²) in [6, 6.07) is 8.67. The van der Waals surface area contributed by atoms with Crippen LogP contribution in [0.4, 0.5) is 0 Å². The van der Waals surface area contributed by atoms with Crippen molar-refractivity contribution in [1.82, 2.24) is 14.8 Å². The number of rotatable bonds is 3. The fraction of sp³-hybridized carbons (Fsp3) is 0.350. The summed E-state index contributed by atoms with van der Waals surface area (Å²) in [5, 5.41) is 0.454. The van der Waals surface area contributed by atoms with Crippen LogP contribution in [0.5, 0.6) is 5.75 Å². The van der Waals surface area contributed by atoms with Gasteiger partial charge in [0, 0.05) is 43.0 Å². The fourth-order valence-corrected chi connectivity index (χ4v) is 3.39. The number of benzene rings is 1. The zero-order valence-electron chi connectivity index (χ0n) is 15.4. The summed E-state index contributed by atoms with van der Waals surface area (Å²) < 4.78 is 5.19. The maximum absolute atomic E-state index is 12.9. The molecule has 0 bridgehead atoms. The van der Waals surface area contributed by atoms with Crippen molar-refractivity contribution in [3.63, 3.8) is 0 Å². The minimum Gasteiger partial charge on any atom is -0.497 e. The number of nitrogens with zero attached hydrogens (tertiary/aromatic N) is 3. The number of amides is 2. The van der Waals surface area contributed by atoms with Gasteiger partial charge in [0.1, 0.15) is 11.4 Å². The van der Waals surface area contributed by atoms with Gasteiger partial charge in [0.15, 0.2) is 0 Å². The summed E-state index contributed by atoms with van der Waals surface area (Å²) in [7, 11) is 1.54. The van der Waals surface area contributed by atoms with Crippen LogP contribution in [0.15, 0.2) is 36.5 Å². The van der Waals surface area contributed by atoms with Crippen molar-refractivity contribution in [2.45, 2.75) is 13.3 Å². The molecule has 0 saturated carbocycles. The van der Waals surface area contributed by atoms with Crippen LogP contribution in [0.3, 0.4) is 0 Å². The van der Waals surface area contributed by atoms with Crippen LogP contribution >= 0.6 is 11.6 Å². The molecular weight excluding hydrogens is 366 g/mol. The summed E-state index contributed by atoms with van der Waals surface area (Å²) in [6.45, 7) is 3.99. The van der Waals surface area contributed by atoms with Gasteiger partial charge < -0.3 is 14.5 Å². The van der Waals surface area contributed by atoms with Gasteiger partial charge in [-0.15, -0.1) is 0 Å². The van der Waals surface area contributed by atoms with E-state index in [1.54, 1.807) is 34.2 Å². The topological polar surface area (TPSA) is 62.7 Å². The molecule has 1 saturated heterocycles. The number of carbonyl (C=O) groups excluding carboxylic acids is 2. The average molecular weight is 388 g/mol.